The fourth-order valence-corrected chi connectivity index (χ4v) is 3.33. The lowest BCUT2D eigenvalue weighted by molar-refractivity contribution is -0.121. The van der Waals surface area contributed by atoms with Gasteiger partial charge in [0.15, 0.2) is 11.6 Å². The molecular formula is C26H40F2N4O2. The van der Waals surface area contributed by atoms with E-state index in [1.54, 1.807) is 7.05 Å². The van der Waals surface area contributed by atoms with Crippen LogP contribution in [0, 0.1) is 23.5 Å². The summed E-state index contributed by atoms with van der Waals surface area (Å²) in [6, 6.07) is 3.67. The molecule has 1 amide bonds. The van der Waals surface area contributed by atoms with Gasteiger partial charge in [-0.15, -0.1) is 0 Å². The molecule has 8 heteroatoms. The van der Waals surface area contributed by atoms with E-state index in [2.05, 4.69) is 45.0 Å². The molecule has 34 heavy (non-hydrogen) atoms. The first-order chi connectivity index (χ1) is 15.9. The summed E-state index contributed by atoms with van der Waals surface area (Å²) in [4.78, 5) is 24.4. The molecular weight excluding hydrogens is 438 g/mol. The van der Waals surface area contributed by atoms with Crippen LogP contribution in [0.1, 0.15) is 71.3 Å². The van der Waals surface area contributed by atoms with Crippen LogP contribution in [0.3, 0.4) is 0 Å². The van der Waals surface area contributed by atoms with Crippen molar-refractivity contribution >= 4 is 17.5 Å². The first-order valence-corrected chi connectivity index (χ1v) is 11.9. The van der Waals surface area contributed by atoms with Gasteiger partial charge in [0.2, 0.25) is 11.8 Å². The summed E-state index contributed by atoms with van der Waals surface area (Å²) in [5.41, 5.74) is 2.64. The SMILES string of the molecule is CC(=O)n1nc(-c2ccc(F)c(F)c2)c2c1CCCN2C.CC(C)C.CCC(C)CC(=O)NC. The summed E-state index contributed by atoms with van der Waals surface area (Å²) >= 11 is 0. The largest absolute Gasteiger partial charge is 0.371 e. The zero-order chi connectivity index (χ0) is 26.0. The molecule has 0 bridgehead atoms. The molecule has 190 valence electrons. The van der Waals surface area contributed by atoms with Crippen molar-refractivity contribution in [3.8, 4) is 11.3 Å². The Labute approximate surface area is 202 Å². The standard InChI is InChI=1S/C15H15F2N3O.C7H15NO.C4H10/c1-9(21)20-13-4-3-7-19(2)15(13)14(18-20)10-5-6-11(16)12(17)8-10;1-4-6(2)5-7(9)8-3;1-4(2)3/h5-6,8H,3-4,7H2,1-2H3;6H,4-5H2,1-3H3,(H,8,9);4H,1-3H3. The Bertz CT molecular complexity index is 954. The number of benzene rings is 1. The van der Waals surface area contributed by atoms with Crippen molar-refractivity contribution < 1.29 is 18.4 Å². The second-order valence-corrected chi connectivity index (χ2v) is 9.35. The monoisotopic (exact) mass is 478 g/mol. The molecule has 1 aliphatic heterocycles. The van der Waals surface area contributed by atoms with Crippen LogP contribution in [0.15, 0.2) is 18.2 Å². The fourth-order valence-electron chi connectivity index (χ4n) is 3.33. The van der Waals surface area contributed by atoms with Crippen LogP contribution >= 0.6 is 0 Å². The molecule has 2 aromatic rings. The maximum atomic E-state index is 13.5. The normalized spacial score (nSPS) is 13.2. The van der Waals surface area contributed by atoms with Gasteiger partial charge in [-0.25, -0.2) is 13.5 Å². The molecule has 0 fully saturated rings. The molecule has 0 radical (unpaired) electrons. The lowest BCUT2D eigenvalue weighted by atomic mass is 10.0. The zero-order valence-electron chi connectivity index (χ0n) is 21.8. The topological polar surface area (TPSA) is 67.2 Å². The van der Waals surface area contributed by atoms with Crippen LogP contribution < -0.4 is 10.2 Å². The molecule has 0 aliphatic carbocycles. The van der Waals surface area contributed by atoms with E-state index < -0.39 is 11.6 Å². The van der Waals surface area contributed by atoms with Gasteiger partial charge in [0.25, 0.3) is 0 Å². The van der Waals surface area contributed by atoms with E-state index in [0.29, 0.717) is 23.6 Å². The molecule has 6 nitrogen and oxygen atoms in total. The maximum Gasteiger partial charge on any atom is 0.244 e. The third-order valence-corrected chi connectivity index (χ3v) is 5.24. The van der Waals surface area contributed by atoms with Crippen LogP contribution in [-0.2, 0) is 11.2 Å². The lowest BCUT2D eigenvalue weighted by Gasteiger charge is -2.25. The van der Waals surface area contributed by atoms with E-state index in [1.165, 1.54) is 17.7 Å². The Balaban J connectivity index is 0.000000372. The van der Waals surface area contributed by atoms with Crippen LogP contribution in [0.5, 0.6) is 0 Å². The number of nitrogens with one attached hydrogen (secondary N) is 1. The van der Waals surface area contributed by atoms with Gasteiger partial charge in [0, 0.05) is 39.5 Å². The van der Waals surface area contributed by atoms with Gasteiger partial charge < -0.3 is 10.2 Å². The van der Waals surface area contributed by atoms with Crippen molar-refractivity contribution in [1.29, 1.82) is 0 Å². The number of aromatic nitrogens is 2. The highest BCUT2D eigenvalue weighted by Gasteiger charge is 2.27. The Morgan fingerprint density at radius 2 is 1.76 bits per heavy atom. The first-order valence-electron chi connectivity index (χ1n) is 11.9. The fraction of sp³-hybridized carbons (Fsp3) is 0.577. The number of hydrogen-bond donors (Lipinski definition) is 1. The number of anilines is 1. The Hall–Kier alpha value is -2.77. The minimum absolute atomic E-state index is 0.143. The number of halogens is 2. The summed E-state index contributed by atoms with van der Waals surface area (Å²) < 4.78 is 27.9. The highest BCUT2D eigenvalue weighted by atomic mass is 19.2. The van der Waals surface area contributed by atoms with Gasteiger partial charge >= 0.3 is 0 Å². The Morgan fingerprint density at radius 3 is 2.26 bits per heavy atom. The van der Waals surface area contributed by atoms with E-state index in [0.717, 1.165) is 55.2 Å². The minimum atomic E-state index is -0.919. The molecule has 0 saturated heterocycles. The van der Waals surface area contributed by atoms with E-state index in [4.69, 9.17) is 0 Å². The van der Waals surface area contributed by atoms with Crippen molar-refractivity contribution in [1.82, 2.24) is 15.1 Å². The molecule has 0 spiro atoms. The highest BCUT2D eigenvalue weighted by molar-refractivity contribution is 5.84. The molecule has 1 unspecified atom stereocenters. The van der Waals surface area contributed by atoms with Crippen LogP contribution in [-0.4, -0.2) is 42.2 Å². The van der Waals surface area contributed by atoms with Crippen molar-refractivity contribution in [3.63, 3.8) is 0 Å². The lowest BCUT2D eigenvalue weighted by Crippen LogP contribution is -2.26. The van der Waals surface area contributed by atoms with E-state index in [-0.39, 0.29) is 11.8 Å². The highest BCUT2D eigenvalue weighted by Crippen LogP contribution is 2.36. The van der Waals surface area contributed by atoms with Crippen molar-refractivity contribution in [2.24, 2.45) is 11.8 Å². The summed E-state index contributed by atoms with van der Waals surface area (Å²) in [5, 5.41) is 6.91. The average molecular weight is 479 g/mol. The van der Waals surface area contributed by atoms with Gasteiger partial charge in [0.1, 0.15) is 5.69 Å². The number of carbonyl (C=O) groups excluding carboxylic acids is 2. The van der Waals surface area contributed by atoms with Crippen LogP contribution in [0.2, 0.25) is 0 Å². The Morgan fingerprint density at radius 1 is 1.15 bits per heavy atom. The van der Waals surface area contributed by atoms with Gasteiger partial charge in [-0.3, -0.25) is 9.59 Å². The van der Waals surface area contributed by atoms with Gasteiger partial charge in [-0.05, 0) is 42.9 Å². The quantitative estimate of drug-likeness (QED) is 0.612. The number of fused-ring (bicyclic) bond motifs is 1. The number of carbonyl (C=O) groups is 2. The van der Waals surface area contributed by atoms with E-state index >= 15 is 0 Å². The van der Waals surface area contributed by atoms with Gasteiger partial charge in [0.05, 0.1) is 11.4 Å². The van der Waals surface area contributed by atoms with E-state index in [9.17, 15) is 18.4 Å². The number of amides is 1. The zero-order valence-corrected chi connectivity index (χ0v) is 21.8. The summed E-state index contributed by atoms with van der Waals surface area (Å²) in [5.74, 6) is -0.506. The predicted octanol–water partition coefficient (Wildman–Crippen LogP) is 5.70. The average Bonchev–Trinajstić information content (AvgIpc) is 3.17. The number of hydrogen-bond acceptors (Lipinski definition) is 4. The summed E-state index contributed by atoms with van der Waals surface area (Å²) in [6.07, 6.45) is 3.41. The number of nitrogens with zero attached hydrogens (tertiary/aromatic N) is 3. The molecule has 1 aromatic carbocycles. The van der Waals surface area contributed by atoms with Crippen LogP contribution in [0.25, 0.3) is 11.3 Å². The van der Waals surface area contributed by atoms with Gasteiger partial charge in [-0.1, -0.05) is 41.0 Å². The molecule has 1 N–H and O–H groups in total. The molecule has 1 aromatic heterocycles. The van der Waals surface area contributed by atoms with Gasteiger partial charge in [-0.2, -0.15) is 5.10 Å². The summed E-state index contributed by atoms with van der Waals surface area (Å²) in [7, 11) is 3.58. The first kappa shape index (κ1) is 29.3. The molecule has 1 aliphatic rings. The predicted molar refractivity (Wildman–Crippen MR) is 134 cm³/mol. The molecule has 0 saturated carbocycles. The van der Waals surface area contributed by atoms with Crippen LogP contribution in [0.4, 0.5) is 14.5 Å². The molecule has 1 atom stereocenters. The van der Waals surface area contributed by atoms with Crippen molar-refractivity contribution in [2.45, 2.75) is 67.2 Å². The molecule has 3 rings (SSSR count). The third kappa shape index (κ3) is 8.54. The van der Waals surface area contributed by atoms with E-state index in [1.807, 2.05) is 11.9 Å². The summed E-state index contributed by atoms with van der Waals surface area (Å²) in [6.45, 7) is 13.0. The third-order valence-electron chi connectivity index (χ3n) is 5.24. The second-order valence-electron chi connectivity index (χ2n) is 9.35. The minimum Gasteiger partial charge on any atom is -0.371 e. The van der Waals surface area contributed by atoms with Crippen molar-refractivity contribution in [3.05, 3.63) is 35.5 Å². The molecule has 2 heterocycles. The maximum absolute atomic E-state index is 13.5. The van der Waals surface area contributed by atoms with Crippen molar-refractivity contribution in [2.75, 3.05) is 25.5 Å². The Kier molecular flexibility index (Phi) is 11.9. The smallest absolute Gasteiger partial charge is 0.244 e. The second kappa shape index (κ2) is 13.8. The number of rotatable bonds is 4.